The first-order valence-electron chi connectivity index (χ1n) is 7.00. The van der Waals surface area contributed by atoms with Crippen LogP contribution in [0, 0.1) is 6.92 Å². The number of aliphatic hydroxyl groups is 1. The van der Waals surface area contributed by atoms with Gasteiger partial charge in [0.15, 0.2) is 0 Å². The monoisotopic (exact) mass is 284 g/mol. The van der Waals surface area contributed by atoms with E-state index in [0.29, 0.717) is 13.0 Å². The van der Waals surface area contributed by atoms with Gasteiger partial charge in [-0.05, 0) is 30.5 Å². The van der Waals surface area contributed by atoms with Crippen LogP contribution in [-0.2, 0) is 0 Å². The fourth-order valence-electron chi connectivity index (χ4n) is 2.04. The van der Waals surface area contributed by atoms with Crippen molar-refractivity contribution in [3.8, 4) is 0 Å². The molecule has 110 valence electrons. The van der Waals surface area contributed by atoms with Crippen molar-refractivity contribution in [1.82, 2.24) is 5.32 Å². The Balaban J connectivity index is 1.76. The zero-order valence-corrected chi connectivity index (χ0v) is 12.0. The summed E-state index contributed by atoms with van der Waals surface area (Å²) in [5.74, 6) is 0. The Bertz CT molecular complexity index is 584. The summed E-state index contributed by atoms with van der Waals surface area (Å²) in [5, 5.41) is 15.5. The smallest absolute Gasteiger partial charge is 0.319 e. The fourth-order valence-corrected chi connectivity index (χ4v) is 2.04. The Labute approximate surface area is 124 Å². The third-order valence-corrected chi connectivity index (χ3v) is 3.28. The van der Waals surface area contributed by atoms with Crippen LogP contribution in [0.15, 0.2) is 54.6 Å². The average Bonchev–Trinajstić information content (AvgIpc) is 2.50. The molecule has 3 N–H and O–H groups in total. The molecule has 0 saturated carbocycles. The Kier molecular flexibility index (Phi) is 5.35. The maximum atomic E-state index is 11.8. The van der Waals surface area contributed by atoms with Crippen LogP contribution in [0.5, 0.6) is 0 Å². The van der Waals surface area contributed by atoms with E-state index in [-0.39, 0.29) is 6.03 Å². The van der Waals surface area contributed by atoms with E-state index in [1.807, 2.05) is 61.5 Å². The molecule has 2 rings (SSSR count). The summed E-state index contributed by atoms with van der Waals surface area (Å²) in [6, 6.07) is 16.8. The lowest BCUT2D eigenvalue weighted by Crippen LogP contribution is -2.30. The van der Waals surface area contributed by atoms with Crippen molar-refractivity contribution in [2.24, 2.45) is 0 Å². The average molecular weight is 284 g/mol. The van der Waals surface area contributed by atoms with E-state index >= 15 is 0 Å². The highest BCUT2D eigenvalue weighted by atomic mass is 16.3. The van der Waals surface area contributed by atoms with Gasteiger partial charge in [-0.1, -0.05) is 48.5 Å². The molecular formula is C17H20N2O2. The van der Waals surface area contributed by atoms with Gasteiger partial charge in [0.2, 0.25) is 0 Å². The first-order chi connectivity index (χ1) is 10.2. The standard InChI is InChI=1S/C17H20N2O2/c1-13-7-5-6-10-15(13)19-17(21)18-12-11-16(20)14-8-3-2-4-9-14/h2-10,16,20H,11-12H2,1H3,(H2,18,19,21). The molecule has 0 aliphatic carbocycles. The molecular weight excluding hydrogens is 264 g/mol. The van der Waals surface area contributed by atoms with Crippen molar-refractivity contribution >= 4 is 11.7 Å². The molecule has 0 heterocycles. The van der Waals surface area contributed by atoms with Gasteiger partial charge in [-0.3, -0.25) is 0 Å². The predicted molar refractivity (Wildman–Crippen MR) is 84.2 cm³/mol. The van der Waals surface area contributed by atoms with Crippen molar-refractivity contribution in [2.45, 2.75) is 19.4 Å². The third kappa shape index (κ3) is 4.61. The van der Waals surface area contributed by atoms with E-state index in [0.717, 1.165) is 16.8 Å². The number of anilines is 1. The van der Waals surface area contributed by atoms with Crippen molar-refractivity contribution < 1.29 is 9.90 Å². The minimum atomic E-state index is -0.565. The number of para-hydroxylation sites is 1. The molecule has 0 aliphatic heterocycles. The van der Waals surface area contributed by atoms with Crippen molar-refractivity contribution in [3.05, 3.63) is 65.7 Å². The lowest BCUT2D eigenvalue weighted by molar-refractivity contribution is 0.167. The number of hydrogen-bond acceptors (Lipinski definition) is 2. The highest BCUT2D eigenvalue weighted by Crippen LogP contribution is 2.15. The lowest BCUT2D eigenvalue weighted by Gasteiger charge is -2.13. The molecule has 0 saturated heterocycles. The minimum absolute atomic E-state index is 0.260. The summed E-state index contributed by atoms with van der Waals surface area (Å²) >= 11 is 0. The number of urea groups is 1. The molecule has 1 unspecified atom stereocenters. The molecule has 0 radical (unpaired) electrons. The summed E-state index contributed by atoms with van der Waals surface area (Å²) in [6.45, 7) is 2.35. The maximum Gasteiger partial charge on any atom is 0.319 e. The van der Waals surface area contributed by atoms with Crippen LogP contribution >= 0.6 is 0 Å². The van der Waals surface area contributed by atoms with Gasteiger partial charge in [0.1, 0.15) is 0 Å². The summed E-state index contributed by atoms with van der Waals surface area (Å²) in [6.07, 6.45) is -0.0875. The van der Waals surface area contributed by atoms with Crippen LogP contribution in [0.3, 0.4) is 0 Å². The van der Waals surface area contributed by atoms with Gasteiger partial charge in [0.05, 0.1) is 6.10 Å². The molecule has 0 aliphatic rings. The largest absolute Gasteiger partial charge is 0.388 e. The SMILES string of the molecule is Cc1ccccc1NC(=O)NCCC(O)c1ccccc1. The third-order valence-electron chi connectivity index (χ3n) is 3.28. The first-order valence-corrected chi connectivity index (χ1v) is 7.00. The normalized spacial score (nSPS) is 11.7. The maximum absolute atomic E-state index is 11.8. The molecule has 2 amide bonds. The zero-order valence-electron chi connectivity index (χ0n) is 12.0. The summed E-state index contributed by atoms with van der Waals surface area (Å²) < 4.78 is 0. The van der Waals surface area contributed by atoms with E-state index in [2.05, 4.69) is 10.6 Å². The predicted octanol–water partition coefficient (Wildman–Crippen LogP) is 3.24. The Hall–Kier alpha value is -2.33. The molecule has 4 heteroatoms. The van der Waals surface area contributed by atoms with Crippen molar-refractivity contribution in [3.63, 3.8) is 0 Å². The van der Waals surface area contributed by atoms with Crippen molar-refractivity contribution in [1.29, 1.82) is 0 Å². The highest BCUT2D eigenvalue weighted by Gasteiger charge is 2.08. The van der Waals surface area contributed by atoms with Crippen LogP contribution in [0.25, 0.3) is 0 Å². The van der Waals surface area contributed by atoms with E-state index in [4.69, 9.17) is 0 Å². The van der Waals surface area contributed by atoms with E-state index in [1.54, 1.807) is 0 Å². The minimum Gasteiger partial charge on any atom is -0.388 e. The van der Waals surface area contributed by atoms with Gasteiger partial charge in [-0.15, -0.1) is 0 Å². The van der Waals surface area contributed by atoms with E-state index in [9.17, 15) is 9.90 Å². The van der Waals surface area contributed by atoms with Crippen LogP contribution < -0.4 is 10.6 Å². The highest BCUT2D eigenvalue weighted by molar-refractivity contribution is 5.89. The van der Waals surface area contributed by atoms with Gasteiger partial charge in [-0.25, -0.2) is 4.79 Å². The Morgan fingerprint density at radius 1 is 1.10 bits per heavy atom. The summed E-state index contributed by atoms with van der Waals surface area (Å²) in [7, 11) is 0. The molecule has 2 aromatic rings. The lowest BCUT2D eigenvalue weighted by atomic mass is 10.1. The zero-order chi connectivity index (χ0) is 15.1. The molecule has 0 aromatic heterocycles. The number of nitrogens with one attached hydrogen (secondary N) is 2. The van der Waals surface area contributed by atoms with Gasteiger partial charge in [0, 0.05) is 12.2 Å². The second-order valence-corrected chi connectivity index (χ2v) is 4.91. The quantitative estimate of drug-likeness (QED) is 0.789. The Morgan fingerprint density at radius 2 is 1.76 bits per heavy atom. The van der Waals surface area contributed by atoms with Crippen LogP contribution in [0.4, 0.5) is 10.5 Å². The van der Waals surface area contributed by atoms with E-state index < -0.39 is 6.10 Å². The van der Waals surface area contributed by atoms with Gasteiger partial charge in [0.25, 0.3) is 0 Å². The Morgan fingerprint density at radius 3 is 2.48 bits per heavy atom. The van der Waals surface area contributed by atoms with Crippen LogP contribution in [-0.4, -0.2) is 17.7 Å². The van der Waals surface area contributed by atoms with E-state index in [1.165, 1.54) is 0 Å². The van der Waals surface area contributed by atoms with Crippen molar-refractivity contribution in [2.75, 3.05) is 11.9 Å². The number of aryl methyl sites for hydroxylation is 1. The number of benzene rings is 2. The van der Waals surface area contributed by atoms with Gasteiger partial charge < -0.3 is 15.7 Å². The second kappa shape index (κ2) is 7.45. The molecule has 0 bridgehead atoms. The van der Waals surface area contributed by atoms with Crippen LogP contribution in [0.2, 0.25) is 0 Å². The number of carbonyl (C=O) groups is 1. The summed E-state index contributed by atoms with van der Waals surface area (Å²) in [5.41, 5.74) is 2.66. The number of rotatable bonds is 5. The molecule has 1 atom stereocenters. The molecule has 21 heavy (non-hydrogen) atoms. The molecule has 2 aromatic carbocycles. The summed E-state index contributed by atoms with van der Waals surface area (Å²) in [4.78, 5) is 11.8. The number of carbonyl (C=O) groups excluding carboxylic acids is 1. The topological polar surface area (TPSA) is 61.4 Å². The molecule has 0 fully saturated rings. The number of aliphatic hydroxyl groups excluding tert-OH is 1. The van der Waals surface area contributed by atoms with Gasteiger partial charge in [-0.2, -0.15) is 0 Å². The first kappa shape index (κ1) is 15.1. The number of hydrogen-bond donors (Lipinski definition) is 3. The van der Waals surface area contributed by atoms with Crippen LogP contribution in [0.1, 0.15) is 23.7 Å². The molecule has 4 nitrogen and oxygen atoms in total. The fraction of sp³-hybridized carbons (Fsp3) is 0.235. The van der Waals surface area contributed by atoms with Gasteiger partial charge >= 0.3 is 6.03 Å². The molecule has 0 spiro atoms. The second-order valence-electron chi connectivity index (χ2n) is 4.91. The number of amides is 2.